The Bertz CT molecular complexity index is 949. The van der Waals surface area contributed by atoms with Crippen molar-refractivity contribution >= 4 is 35.4 Å². The largest absolute Gasteiger partial charge is 0.465 e. The van der Waals surface area contributed by atoms with Crippen LogP contribution in [0.3, 0.4) is 0 Å². The summed E-state index contributed by atoms with van der Waals surface area (Å²) in [7, 11) is 0. The van der Waals surface area contributed by atoms with Crippen LogP contribution in [0.4, 0.5) is 10.5 Å². The van der Waals surface area contributed by atoms with E-state index in [1.807, 2.05) is 0 Å². The Labute approximate surface area is 198 Å². The van der Waals surface area contributed by atoms with Crippen molar-refractivity contribution in [2.45, 2.75) is 57.8 Å². The molecule has 2 heterocycles. The van der Waals surface area contributed by atoms with Crippen molar-refractivity contribution in [1.29, 1.82) is 0 Å². The highest BCUT2D eigenvalue weighted by Crippen LogP contribution is 2.38. The number of hydrogen-bond donors (Lipinski definition) is 4. The minimum atomic E-state index is -1.01. The molecular formula is C24H32N4O6. The van der Waals surface area contributed by atoms with Crippen LogP contribution in [0.2, 0.25) is 0 Å². The summed E-state index contributed by atoms with van der Waals surface area (Å²) in [6, 6.07) is 6.78. The Balaban J connectivity index is 1.42. The van der Waals surface area contributed by atoms with Crippen LogP contribution in [0.25, 0.3) is 0 Å². The summed E-state index contributed by atoms with van der Waals surface area (Å²) in [5, 5.41) is 16.1. The van der Waals surface area contributed by atoms with E-state index in [1.54, 1.807) is 29.2 Å². The maximum absolute atomic E-state index is 13.0. The molecule has 2 aliphatic heterocycles. The second kappa shape index (κ2) is 11.6. The Morgan fingerprint density at radius 1 is 1.06 bits per heavy atom. The van der Waals surface area contributed by atoms with E-state index in [0.717, 1.165) is 32.1 Å². The molecule has 0 aliphatic carbocycles. The molecule has 0 aromatic heterocycles. The smallest absolute Gasteiger partial charge is 0.404 e. The van der Waals surface area contributed by atoms with E-state index in [4.69, 9.17) is 5.11 Å². The van der Waals surface area contributed by atoms with Crippen LogP contribution in [0.5, 0.6) is 0 Å². The number of imide groups is 1. The van der Waals surface area contributed by atoms with E-state index < -0.39 is 11.5 Å². The number of piperidine rings is 1. The van der Waals surface area contributed by atoms with Gasteiger partial charge in [0, 0.05) is 43.7 Å². The first kappa shape index (κ1) is 25.2. The summed E-state index contributed by atoms with van der Waals surface area (Å²) in [6.45, 7) is 1.17. The number of likely N-dealkylation sites (tertiary alicyclic amines) is 1. The van der Waals surface area contributed by atoms with Crippen molar-refractivity contribution < 1.29 is 29.1 Å². The summed E-state index contributed by atoms with van der Waals surface area (Å²) in [6.07, 6.45) is 4.86. The fraction of sp³-hybridized carbons (Fsp3) is 0.542. The summed E-state index contributed by atoms with van der Waals surface area (Å²) in [5.41, 5.74) is 0.296. The highest BCUT2D eigenvalue weighted by atomic mass is 16.4. The van der Waals surface area contributed by atoms with Gasteiger partial charge in [0.25, 0.3) is 5.91 Å². The van der Waals surface area contributed by atoms with Crippen LogP contribution in [-0.2, 0) is 14.4 Å². The van der Waals surface area contributed by atoms with E-state index >= 15 is 0 Å². The molecule has 4 N–H and O–H groups in total. The van der Waals surface area contributed by atoms with Gasteiger partial charge in [-0.2, -0.15) is 0 Å². The average Bonchev–Trinajstić information content (AvgIpc) is 3.23. The first-order valence-corrected chi connectivity index (χ1v) is 11.8. The minimum absolute atomic E-state index is 0.124. The maximum atomic E-state index is 13.0. The third-order valence-electron chi connectivity index (χ3n) is 6.46. The molecular weight excluding hydrogens is 440 g/mol. The number of amides is 5. The zero-order valence-electron chi connectivity index (χ0n) is 19.2. The molecule has 2 saturated heterocycles. The summed E-state index contributed by atoms with van der Waals surface area (Å²) in [4.78, 5) is 61.1. The number of rotatable bonds is 10. The molecule has 34 heavy (non-hydrogen) atoms. The number of anilines is 1. The van der Waals surface area contributed by atoms with Crippen LogP contribution in [0, 0.1) is 5.41 Å². The second-order valence-corrected chi connectivity index (χ2v) is 9.01. The Kier molecular flexibility index (Phi) is 8.61. The van der Waals surface area contributed by atoms with Crippen molar-refractivity contribution in [2.24, 2.45) is 5.41 Å². The standard InChI is InChI=1S/C24H32N4O6/c29-19(9-4-2-1-3-5-13-25-23(33)34)26-18-8-6-7-17(15-18)21(31)28-14-12-24(16-28)11-10-20(30)27-22(24)32/h6-8,15,25H,1-5,9-14,16H2,(H,26,29)(H,33,34)(H,27,30,32). The zero-order valence-corrected chi connectivity index (χ0v) is 19.2. The number of hydrogen-bond acceptors (Lipinski definition) is 5. The number of nitrogens with zero attached hydrogens (tertiary/aromatic N) is 1. The molecule has 1 spiro atoms. The van der Waals surface area contributed by atoms with Crippen LogP contribution in [0.1, 0.15) is 68.1 Å². The summed E-state index contributed by atoms with van der Waals surface area (Å²) >= 11 is 0. The van der Waals surface area contributed by atoms with Crippen molar-refractivity contribution in [2.75, 3.05) is 25.0 Å². The molecule has 1 atom stereocenters. The van der Waals surface area contributed by atoms with Gasteiger partial charge in [-0.15, -0.1) is 0 Å². The van der Waals surface area contributed by atoms with Gasteiger partial charge < -0.3 is 20.6 Å². The van der Waals surface area contributed by atoms with E-state index in [1.165, 1.54) is 0 Å². The SMILES string of the molecule is O=C(O)NCCCCCCCC(=O)Nc1cccc(C(=O)N2CCC3(CCC(=O)NC3=O)C2)c1. The summed E-state index contributed by atoms with van der Waals surface area (Å²) < 4.78 is 0. The monoisotopic (exact) mass is 472 g/mol. The molecule has 2 fully saturated rings. The molecule has 10 heteroatoms. The number of carbonyl (C=O) groups is 5. The highest BCUT2D eigenvalue weighted by molar-refractivity contribution is 6.02. The average molecular weight is 473 g/mol. The van der Waals surface area contributed by atoms with Gasteiger partial charge in [-0.25, -0.2) is 4.79 Å². The van der Waals surface area contributed by atoms with Crippen molar-refractivity contribution in [3.8, 4) is 0 Å². The predicted octanol–water partition coefficient (Wildman–Crippen LogP) is 2.50. The van der Waals surface area contributed by atoms with Gasteiger partial charge in [-0.1, -0.05) is 25.3 Å². The third kappa shape index (κ3) is 6.79. The molecule has 1 unspecified atom stereocenters. The molecule has 3 rings (SSSR count). The van der Waals surface area contributed by atoms with Gasteiger partial charge in [0.05, 0.1) is 5.41 Å². The molecule has 2 aliphatic rings. The topological polar surface area (TPSA) is 145 Å². The lowest BCUT2D eigenvalue weighted by atomic mass is 9.79. The van der Waals surface area contributed by atoms with E-state index in [0.29, 0.717) is 43.6 Å². The van der Waals surface area contributed by atoms with Crippen molar-refractivity contribution in [1.82, 2.24) is 15.5 Å². The van der Waals surface area contributed by atoms with Gasteiger partial charge in [0.2, 0.25) is 17.7 Å². The number of carboxylic acid groups (broad SMARTS) is 1. The van der Waals surface area contributed by atoms with Gasteiger partial charge >= 0.3 is 6.09 Å². The molecule has 184 valence electrons. The number of benzene rings is 1. The zero-order chi connectivity index (χ0) is 24.6. The van der Waals surface area contributed by atoms with Gasteiger partial charge in [0.15, 0.2) is 0 Å². The lowest BCUT2D eigenvalue weighted by Crippen LogP contribution is -2.50. The highest BCUT2D eigenvalue weighted by Gasteiger charge is 2.48. The molecule has 5 amide bonds. The van der Waals surface area contributed by atoms with E-state index in [9.17, 15) is 24.0 Å². The number of unbranched alkanes of at least 4 members (excludes halogenated alkanes) is 4. The molecule has 10 nitrogen and oxygen atoms in total. The first-order valence-electron chi connectivity index (χ1n) is 11.8. The molecule has 0 saturated carbocycles. The lowest BCUT2D eigenvalue weighted by molar-refractivity contribution is -0.141. The number of nitrogens with one attached hydrogen (secondary N) is 3. The summed E-state index contributed by atoms with van der Waals surface area (Å²) in [5.74, 6) is -0.884. The lowest BCUT2D eigenvalue weighted by Gasteiger charge is -2.31. The fourth-order valence-electron chi connectivity index (χ4n) is 4.50. The van der Waals surface area contributed by atoms with Crippen LogP contribution < -0.4 is 16.0 Å². The third-order valence-corrected chi connectivity index (χ3v) is 6.46. The predicted molar refractivity (Wildman–Crippen MR) is 124 cm³/mol. The number of carbonyl (C=O) groups excluding carboxylic acids is 4. The Hall–Kier alpha value is -3.43. The van der Waals surface area contributed by atoms with Crippen molar-refractivity contribution in [3.63, 3.8) is 0 Å². The van der Waals surface area contributed by atoms with Crippen LogP contribution in [-0.4, -0.2) is 59.4 Å². The Morgan fingerprint density at radius 2 is 1.82 bits per heavy atom. The van der Waals surface area contributed by atoms with Crippen molar-refractivity contribution in [3.05, 3.63) is 29.8 Å². The van der Waals surface area contributed by atoms with Gasteiger partial charge in [-0.05, 0) is 43.9 Å². The quantitative estimate of drug-likeness (QED) is 0.304. The molecule has 1 aromatic rings. The molecule has 0 radical (unpaired) electrons. The van der Waals surface area contributed by atoms with Crippen LogP contribution in [0.15, 0.2) is 24.3 Å². The molecule has 0 bridgehead atoms. The minimum Gasteiger partial charge on any atom is -0.465 e. The van der Waals surface area contributed by atoms with Gasteiger partial charge in [-0.3, -0.25) is 24.5 Å². The van der Waals surface area contributed by atoms with Gasteiger partial charge in [0.1, 0.15) is 0 Å². The fourth-order valence-corrected chi connectivity index (χ4v) is 4.50. The van der Waals surface area contributed by atoms with E-state index in [2.05, 4.69) is 16.0 Å². The molecule has 1 aromatic carbocycles. The maximum Gasteiger partial charge on any atom is 0.404 e. The van der Waals surface area contributed by atoms with E-state index in [-0.39, 0.29) is 36.6 Å². The first-order chi connectivity index (χ1) is 16.3. The van der Waals surface area contributed by atoms with Crippen LogP contribution >= 0.6 is 0 Å². The Morgan fingerprint density at radius 3 is 2.59 bits per heavy atom. The normalized spacial score (nSPS) is 19.7. The second-order valence-electron chi connectivity index (χ2n) is 9.01.